The van der Waals surface area contributed by atoms with E-state index < -0.39 is 5.97 Å². The van der Waals surface area contributed by atoms with E-state index in [0.29, 0.717) is 6.54 Å². The predicted molar refractivity (Wildman–Crippen MR) is 55.6 cm³/mol. The van der Waals surface area contributed by atoms with Gasteiger partial charge in [0, 0.05) is 13.1 Å². The highest BCUT2D eigenvalue weighted by Gasteiger charge is 2.19. The second-order valence-electron chi connectivity index (χ2n) is 3.91. The molecule has 0 heterocycles. The summed E-state index contributed by atoms with van der Waals surface area (Å²) in [4.78, 5) is 21.2. The van der Waals surface area contributed by atoms with Crippen LogP contribution in [0.1, 0.15) is 32.1 Å². The van der Waals surface area contributed by atoms with E-state index in [1.807, 2.05) is 0 Å². The van der Waals surface area contributed by atoms with Crippen molar-refractivity contribution < 1.29 is 14.7 Å². The molecule has 5 nitrogen and oxygen atoms in total. The first kappa shape index (κ1) is 11.8. The van der Waals surface area contributed by atoms with Gasteiger partial charge in [-0.3, -0.25) is 4.79 Å². The van der Waals surface area contributed by atoms with Crippen LogP contribution in [-0.4, -0.2) is 30.2 Å². The molecule has 86 valence electrons. The van der Waals surface area contributed by atoms with Gasteiger partial charge in [-0.2, -0.15) is 0 Å². The quantitative estimate of drug-likeness (QED) is 0.552. The monoisotopic (exact) mass is 214 g/mol. The zero-order valence-electron chi connectivity index (χ0n) is 8.79. The molecule has 0 saturated heterocycles. The number of urea groups is 1. The molecule has 0 bridgehead atoms. The van der Waals surface area contributed by atoms with Crippen molar-refractivity contribution in [1.29, 1.82) is 0 Å². The maximum Gasteiger partial charge on any atom is 0.314 e. The average molecular weight is 214 g/mol. The lowest BCUT2D eigenvalue weighted by Gasteiger charge is -2.05. The van der Waals surface area contributed by atoms with Crippen LogP contribution in [0.4, 0.5) is 4.79 Å². The lowest BCUT2D eigenvalue weighted by molar-refractivity contribution is -0.136. The number of hydrogen-bond acceptors (Lipinski definition) is 2. The fourth-order valence-electron chi connectivity index (χ4n) is 1.34. The number of hydrogen-bond donors (Lipinski definition) is 3. The molecule has 0 radical (unpaired) electrons. The molecular weight excluding hydrogens is 196 g/mol. The summed E-state index contributed by atoms with van der Waals surface area (Å²) in [6.07, 6.45) is 4.84. The van der Waals surface area contributed by atoms with Gasteiger partial charge in [0.15, 0.2) is 0 Å². The van der Waals surface area contributed by atoms with Crippen molar-refractivity contribution in [3.05, 3.63) is 0 Å². The van der Waals surface area contributed by atoms with Gasteiger partial charge < -0.3 is 15.7 Å². The van der Waals surface area contributed by atoms with E-state index in [1.54, 1.807) is 0 Å². The molecule has 1 saturated carbocycles. The standard InChI is InChI=1S/C10H18N2O3/c13-9(14)5-7-12-10(15)11-6-1-2-8-3-4-8/h8H,1-7H2,(H,13,14)(H2,11,12,15). The summed E-state index contributed by atoms with van der Waals surface area (Å²) in [7, 11) is 0. The van der Waals surface area contributed by atoms with Crippen LogP contribution in [0.3, 0.4) is 0 Å². The Morgan fingerprint density at radius 3 is 2.47 bits per heavy atom. The van der Waals surface area contributed by atoms with E-state index in [2.05, 4.69) is 10.6 Å². The lowest BCUT2D eigenvalue weighted by atomic mass is 10.2. The molecular formula is C10H18N2O3. The second kappa shape index (κ2) is 6.27. The normalized spacial score (nSPS) is 14.7. The minimum atomic E-state index is -0.899. The van der Waals surface area contributed by atoms with Gasteiger partial charge in [-0.1, -0.05) is 12.8 Å². The van der Waals surface area contributed by atoms with Crippen LogP contribution in [0.15, 0.2) is 0 Å². The minimum Gasteiger partial charge on any atom is -0.481 e. The van der Waals surface area contributed by atoms with Crippen molar-refractivity contribution in [3.63, 3.8) is 0 Å². The molecule has 2 amide bonds. The number of carboxylic acids is 1. The van der Waals surface area contributed by atoms with Crippen LogP contribution in [0.5, 0.6) is 0 Å². The van der Waals surface area contributed by atoms with E-state index in [-0.39, 0.29) is 19.0 Å². The zero-order chi connectivity index (χ0) is 11.1. The molecule has 5 heteroatoms. The first-order chi connectivity index (χ1) is 7.18. The molecule has 1 aliphatic rings. The number of carboxylic acid groups (broad SMARTS) is 1. The van der Waals surface area contributed by atoms with Crippen LogP contribution in [-0.2, 0) is 4.79 Å². The Morgan fingerprint density at radius 2 is 1.87 bits per heavy atom. The summed E-state index contributed by atoms with van der Waals surface area (Å²) in [5.41, 5.74) is 0. The number of nitrogens with one attached hydrogen (secondary N) is 2. The first-order valence-electron chi connectivity index (χ1n) is 5.42. The third-order valence-electron chi connectivity index (χ3n) is 2.40. The summed E-state index contributed by atoms with van der Waals surface area (Å²) in [6.45, 7) is 0.860. The van der Waals surface area contributed by atoms with Gasteiger partial charge in [-0.15, -0.1) is 0 Å². The topological polar surface area (TPSA) is 78.4 Å². The number of aliphatic carboxylic acids is 1. The summed E-state index contributed by atoms with van der Waals surface area (Å²) >= 11 is 0. The van der Waals surface area contributed by atoms with Crippen molar-refractivity contribution in [2.45, 2.75) is 32.1 Å². The number of carbonyl (C=O) groups is 2. The zero-order valence-corrected chi connectivity index (χ0v) is 8.79. The van der Waals surface area contributed by atoms with Crippen molar-refractivity contribution in [2.24, 2.45) is 5.92 Å². The summed E-state index contributed by atoms with van der Waals surface area (Å²) in [6, 6.07) is -0.271. The molecule has 1 fully saturated rings. The SMILES string of the molecule is O=C(O)CCNC(=O)NCCCC1CC1. The largest absolute Gasteiger partial charge is 0.481 e. The maximum atomic E-state index is 11.1. The molecule has 0 aromatic heterocycles. The molecule has 0 spiro atoms. The van der Waals surface area contributed by atoms with Gasteiger partial charge in [0.05, 0.1) is 6.42 Å². The molecule has 1 aliphatic carbocycles. The van der Waals surface area contributed by atoms with Crippen LogP contribution in [0.2, 0.25) is 0 Å². The summed E-state index contributed by atoms with van der Waals surface area (Å²) in [5, 5.41) is 13.5. The smallest absolute Gasteiger partial charge is 0.314 e. The Balaban J connectivity index is 1.86. The van der Waals surface area contributed by atoms with Gasteiger partial charge in [0.2, 0.25) is 0 Å². The molecule has 0 aromatic carbocycles. The third kappa shape index (κ3) is 6.76. The summed E-state index contributed by atoms with van der Waals surface area (Å²) in [5.74, 6) is -0.00842. The van der Waals surface area contributed by atoms with Crippen LogP contribution in [0.25, 0.3) is 0 Å². The van der Waals surface area contributed by atoms with Crippen molar-refractivity contribution >= 4 is 12.0 Å². The molecule has 0 atom stereocenters. The summed E-state index contributed by atoms with van der Waals surface area (Å²) < 4.78 is 0. The van der Waals surface area contributed by atoms with Crippen molar-refractivity contribution in [3.8, 4) is 0 Å². The van der Waals surface area contributed by atoms with Crippen molar-refractivity contribution in [1.82, 2.24) is 10.6 Å². The highest BCUT2D eigenvalue weighted by Crippen LogP contribution is 2.33. The Kier molecular flexibility index (Phi) is 4.93. The van der Waals surface area contributed by atoms with E-state index >= 15 is 0 Å². The fourth-order valence-corrected chi connectivity index (χ4v) is 1.34. The van der Waals surface area contributed by atoms with Crippen LogP contribution in [0, 0.1) is 5.92 Å². The average Bonchev–Trinajstić information content (AvgIpc) is 2.95. The van der Waals surface area contributed by atoms with Crippen LogP contribution < -0.4 is 10.6 Å². The molecule has 3 N–H and O–H groups in total. The first-order valence-corrected chi connectivity index (χ1v) is 5.42. The minimum absolute atomic E-state index is 0.0322. The number of rotatable bonds is 7. The Morgan fingerprint density at radius 1 is 1.20 bits per heavy atom. The highest BCUT2D eigenvalue weighted by molar-refractivity contribution is 5.74. The molecule has 1 rings (SSSR count). The van der Waals surface area contributed by atoms with Crippen LogP contribution >= 0.6 is 0 Å². The number of amides is 2. The van der Waals surface area contributed by atoms with Crippen molar-refractivity contribution in [2.75, 3.05) is 13.1 Å². The Labute approximate surface area is 89.2 Å². The van der Waals surface area contributed by atoms with E-state index in [1.165, 1.54) is 19.3 Å². The fraction of sp³-hybridized carbons (Fsp3) is 0.800. The molecule has 0 unspecified atom stereocenters. The van der Waals surface area contributed by atoms with E-state index in [4.69, 9.17) is 5.11 Å². The highest BCUT2D eigenvalue weighted by atomic mass is 16.4. The van der Waals surface area contributed by atoms with Gasteiger partial charge in [0.25, 0.3) is 0 Å². The number of carbonyl (C=O) groups excluding carboxylic acids is 1. The van der Waals surface area contributed by atoms with Gasteiger partial charge in [-0.25, -0.2) is 4.79 Å². The van der Waals surface area contributed by atoms with Gasteiger partial charge >= 0.3 is 12.0 Å². The maximum absolute atomic E-state index is 11.1. The molecule has 15 heavy (non-hydrogen) atoms. The Bertz CT molecular complexity index is 227. The van der Waals surface area contributed by atoms with E-state index in [9.17, 15) is 9.59 Å². The predicted octanol–water partition coefficient (Wildman–Crippen LogP) is 0.950. The van der Waals surface area contributed by atoms with E-state index in [0.717, 1.165) is 12.3 Å². The van der Waals surface area contributed by atoms with Gasteiger partial charge in [0.1, 0.15) is 0 Å². The Hall–Kier alpha value is -1.26. The third-order valence-corrected chi connectivity index (χ3v) is 2.40. The second-order valence-corrected chi connectivity index (χ2v) is 3.91. The lowest BCUT2D eigenvalue weighted by Crippen LogP contribution is -2.37. The molecule has 0 aliphatic heterocycles. The van der Waals surface area contributed by atoms with Gasteiger partial charge in [-0.05, 0) is 18.8 Å². The molecule has 0 aromatic rings.